The van der Waals surface area contributed by atoms with E-state index in [1.54, 1.807) is 0 Å². The molecule has 0 aromatic carbocycles. The molecule has 3 rings (SSSR count). The SMILES string of the molecule is C#CC(CCC)NC1CN2CCC1CC2. The second-order valence-corrected chi connectivity index (χ2v) is 4.92. The van der Waals surface area contributed by atoms with Gasteiger partial charge in [0.1, 0.15) is 0 Å². The first-order chi connectivity index (χ1) is 7.33. The molecule has 1 N–H and O–H groups in total. The smallest absolute Gasteiger partial charge is 0.0689 e. The minimum atomic E-state index is 0.292. The molecule has 15 heavy (non-hydrogen) atoms. The van der Waals surface area contributed by atoms with Gasteiger partial charge in [-0.3, -0.25) is 5.32 Å². The van der Waals surface area contributed by atoms with Crippen LogP contribution >= 0.6 is 0 Å². The fraction of sp³-hybridized carbons (Fsp3) is 0.846. The average Bonchev–Trinajstić information content (AvgIpc) is 2.30. The topological polar surface area (TPSA) is 15.3 Å². The Balaban J connectivity index is 1.86. The molecule has 2 nitrogen and oxygen atoms in total. The molecular formula is C13H22N2. The van der Waals surface area contributed by atoms with E-state index in [1.807, 2.05) is 0 Å². The standard InChI is InChI=1S/C13H22N2/c1-3-5-12(4-2)14-13-10-15-8-6-11(13)7-9-15/h2,11-14H,3,5-10H2,1H3. The lowest BCUT2D eigenvalue weighted by Crippen LogP contribution is -2.57. The highest BCUT2D eigenvalue weighted by atomic mass is 15.2. The maximum Gasteiger partial charge on any atom is 0.0689 e. The van der Waals surface area contributed by atoms with Gasteiger partial charge in [-0.05, 0) is 38.3 Å². The molecule has 2 atom stereocenters. The number of hydrogen-bond acceptors (Lipinski definition) is 2. The summed E-state index contributed by atoms with van der Waals surface area (Å²) in [5.74, 6) is 3.76. The van der Waals surface area contributed by atoms with Crippen LogP contribution in [0.2, 0.25) is 0 Å². The monoisotopic (exact) mass is 206 g/mol. The van der Waals surface area contributed by atoms with Crippen molar-refractivity contribution in [2.45, 2.75) is 44.7 Å². The van der Waals surface area contributed by atoms with Gasteiger partial charge in [0.2, 0.25) is 0 Å². The fourth-order valence-electron chi connectivity index (χ4n) is 2.92. The predicted octanol–water partition coefficient (Wildman–Crippen LogP) is 1.47. The molecule has 0 spiro atoms. The van der Waals surface area contributed by atoms with Crippen LogP contribution in [-0.2, 0) is 0 Å². The van der Waals surface area contributed by atoms with Crippen LogP contribution in [0.3, 0.4) is 0 Å². The Morgan fingerprint density at radius 1 is 1.47 bits per heavy atom. The molecule has 3 aliphatic heterocycles. The molecule has 0 aromatic rings. The van der Waals surface area contributed by atoms with Crippen LogP contribution in [0.15, 0.2) is 0 Å². The molecule has 0 aromatic heterocycles. The summed E-state index contributed by atoms with van der Waals surface area (Å²) in [4.78, 5) is 2.57. The van der Waals surface area contributed by atoms with Crippen molar-refractivity contribution in [1.82, 2.24) is 10.2 Å². The van der Waals surface area contributed by atoms with Gasteiger partial charge in [-0.2, -0.15) is 0 Å². The molecule has 2 unspecified atom stereocenters. The van der Waals surface area contributed by atoms with Gasteiger partial charge < -0.3 is 4.90 Å². The van der Waals surface area contributed by atoms with E-state index in [1.165, 1.54) is 38.9 Å². The number of rotatable bonds is 4. The summed E-state index contributed by atoms with van der Waals surface area (Å²) in [7, 11) is 0. The highest BCUT2D eigenvalue weighted by molar-refractivity contribution is 5.02. The van der Waals surface area contributed by atoms with Crippen molar-refractivity contribution in [3.8, 4) is 12.3 Å². The van der Waals surface area contributed by atoms with E-state index in [-0.39, 0.29) is 0 Å². The summed E-state index contributed by atoms with van der Waals surface area (Å²) in [6.07, 6.45) is 10.6. The molecule has 0 amide bonds. The van der Waals surface area contributed by atoms with E-state index in [4.69, 9.17) is 6.42 Å². The van der Waals surface area contributed by atoms with Gasteiger partial charge in [0.15, 0.2) is 0 Å². The maximum absolute atomic E-state index is 5.55. The van der Waals surface area contributed by atoms with Crippen LogP contribution in [0, 0.1) is 18.3 Å². The van der Waals surface area contributed by atoms with Gasteiger partial charge in [0, 0.05) is 12.6 Å². The fourth-order valence-corrected chi connectivity index (χ4v) is 2.92. The quantitative estimate of drug-likeness (QED) is 0.701. The minimum Gasteiger partial charge on any atom is -0.302 e. The first-order valence-corrected chi connectivity index (χ1v) is 6.28. The number of piperidine rings is 3. The largest absolute Gasteiger partial charge is 0.302 e. The van der Waals surface area contributed by atoms with Gasteiger partial charge in [0.25, 0.3) is 0 Å². The Morgan fingerprint density at radius 2 is 2.20 bits per heavy atom. The van der Waals surface area contributed by atoms with Crippen molar-refractivity contribution in [2.24, 2.45) is 5.92 Å². The summed E-state index contributed by atoms with van der Waals surface area (Å²) in [5, 5.41) is 3.66. The Bertz CT molecular complexity index is 235. The van der Waals surface area contributed by atoms with Gasteiger partial charge >= 0.3 is 0 Å². The van der Waals surface area contributed by atoms with Crippen LogP contribution in [-0.4, -0.2) is 36.6 Å². The van der Waals surface area contributed by atoms with Crippen molar-refractivity contribution < 1.29 is 0 Å². The zero-order chi connectivity index (χ0) is 10.7. The number of nitrogens with zero attached hydrogens (tertiary/aromatic N) is 1. The van der Waals surface area contributed by atoms with Crippen molar-refractivity contribution in [3.05, 3.63) is 0 Å². The summed E-state index contributed by atoms with van der Waals surface area (Å²) in [5.41, 5.74) is 0. The third-order valence-electron chi connectivity index (χ3n) is 3.85. The van der Waals surface area contributed by atoms with E-state index in [0.717, 1.165) is 12.3 Å². The number of hydrogen-bond donors (Lipinski definition) is 1. The predicted molar refractivity (Wildman–Crippen MR) is 63.6 cm³/mol. The lowest BCUT2D eigenvalue weighted by Gasteiger charge is -2.45. The van der Waals surface area contributed by atoms with Crippen molar-refractivity contribution in [2.75, 3.05) is 19.6 Å². The number of nitrogens with one attached hydrogen (secondary N) is 1. The molecule has 3 saturated heterocycles. The Hall–Kier alpha value is -0.520. The number of fused-ring (bicyclic) bond motifs is 3. The van der Waals surface area contributed by atoms with Crippen LogP contribution < -0.4 is 5.32 Å². The Kier molecular flexibility index (Phi) is 3.66. The Morgan fingerprint density at radius 3 is 2.67 bits per heavy atom. The molecule has 84 valence electrons. The van der Waals surface area contributed by atoms with E-state index >= 15 is 0 Å². The van der Waals surface area contributed by atoms with E-state index in [2.05, 4.69) is 23.1 Å². The van der Waals surface area contributed by atoms with E-state index in [9.17, 15) is 0 Å². The van der Waals surface area contributed by atoms with Gasteiger partial charge in [-0.1, -0.05) is 19.3 Å². The van der Waals surface area contributed by atoms with Crippen LogP contribution in [0.25, 0.3) is 0 Å². The summed E-state index contributed by atoms with van der Waals surface area (Å²) >= 11 is 0. The normalized spacial score (nSPS) is 36.1. The van der Waals surface area contributed by atoms with Gasteiger partial charge in [-0.25, -0.2) is 0 Å². The van der Waals surface area contributed by atoms with E-state index < -0.39 is 0 Å². The molecule has 3 aliphatic rings. The van der Waals surface area contributed by atoms with Crippen molar-refractivity contribution in [1.29, 1.82) is 0 Å². The molecule has 2 heteroatoms. The van der Waals surface area contributed by atoms with Crippen LogP contribution in [0.5, 0.6) is 0 Å². The lowest BCUT2D eigenvalue weighted by atomic mass is 9.83. The maximum atomic E-state index is 5.55. The summed E-state index contributed by atoms with van der Waals surface area (Å²) in [6, 6.07) is 0.945. The van der Waals surface area contributed by atoms with Crippen molar-refractivity contribution in [3.63, 3.8) is 0 Å². The average molecular weight is 206 g/mol. The van der Waals surface area contributed by atoms with E-state index in [0.29, 0.717) is 12.1 Å². The highest BCUT2D eigenvalue weighted by Crippen LogP contribution is 2.27. The summed E-state index contributed by atoms with van der Waals surface area (Å²) < 4.78 is 0. The third-order valence-corrected chi connectivity index (χ3v) is 3.85. The van der Waals surface area contributed by atoms with Gasteiger partial charge in [0.05, 0.1) is 6.04 Å². The molecule has 0 saturated carbocycles. The molecule has 2 bridgehead atoms. The van der Waals surface area contributed by atoms with Crippen LogP contribution in [0.4, 0.5) is 0 Å². The minimum absolute atomic E-state index is 0.292. The first kappa shape index (κ1) is 11.0. The highest BCUT2D eigenvalue weighted by Gasteiger charge is 2.34. The third kappa shape index (κ3) is 2.53. The lowest BCUT2D eigenvalue weighted by molar-refractivity contribution is 0.0696. The molecule has 3 fully saturated rings. The Labute approximate surface area is 93.4 Å². The second kappa shape index (κ2) is 5.01. The molecular weight excluding hydrogens is 184 g/mol. The molecule has 0 aliphatic carbocycles. The van der Waals surface area contributed by atoms with Crippen molar-refractivity contribution >= 4 is 0 Å². The second-order valence-electron chi connectivity index (χ2n) is 4.92. The molecule has 0 radical (unpaired) electrons. The number of terminal acetylenes is 1. The zero-order valence-electron chi connectivity index (χ0n) is 9.71. The van der Waals surface area contributed by atoms with Gasteiger partial charge in [-0.15, -0.1) is 6.42 Å². The summed E-state index contributed by atoms with van der Waals surface area (Å²) in [6.45, 7) is 6.02. The zero-order valence-corrected chi connectivity index (χ0v) is 9.71. The molecule has 3 heterocycles. The first-order valence-electron chi connectivity index (χ1n) is 6.28. The van der Waals surface area contributed by atoms with Crippen LogP contribution in [0.1, 0.15) is 32.6 Å².